The number of rotatable bonds is 5. The maximum absolute atomic E-state index is 12.8. The zero-order chi connectivity index (χ0) is 24.1. The minimum Gasteiger partial charge on any atom is -0.355 e. The highest BCUT2D eigenvalue weighted by Crippen LogP contribution is 2.34. The quantitative estimate of drug-likeness (QED) is 0.468. The van der Waals surface area contributed by atoms with Crippen molar-refractivity contribution < 1.29 is 18.0 Å². The topological polar surface area (TPSA) is 58.1 Å². The predicted molar refractivity (Wildman–Crippen MR) is 127 cm³/mol. The van der Waals surface area contributed by atoms with Gasteiger partial charge < -0.3 is 10.2 Å². The van der Waals surface area contributed by atoms with Gasteiger partial charge in [-0.05, 0) is 54.8 Å². The molecular weight excluding hydrogens is 465 g/mol. The minimum absolute atomic E-state index is 0.0479. The lowest BCUT2D eigenvalue weighted by Crippen LogP contribution is -2.38. The summed E-state index contributed by atoms with van der Waals surface area (Å²) < 4.78 is 38.5. The van der Waals surface area contributed by atoms with Crippen molar-refractivity contribution in [2.45, 2.75) is 19.0 Å². The van der Waals surface area contributed by atoms with E-state index in [9.17, 15) is 18.0 Å². The first-order valence-corrected chi connectivity index (χ1v) is 11.1. The number of alkyl halides is 3. The minimum atomic E-state index is -4.49. The highest BCUT2D eigenvalue weighted by Gasteiger charge is 2.33. The number of piperidine rings is 1. The van der Waals surface area contributed by atoms with E-state index < -0.39 is 11.7 Å². The van der Waals surface area contributed by atoms with Crippen molar-refractivity contribution in [3.8, 4) is 0 Å². The van der Waals surface area contributed by atoms with Crippen LogP contribution in [0.5, 0.6) is 0 Å². The third-order valence-electron chi connectivity index (χ3n) is 5.60. The Hall–Kier alpha value is -3.39. The summed E-state index contributed by atoms with van der Waals surface area (Å²) in [5, 5.41) is 2.92. The number of carbonyl (C=O) groups is 1. The average molecular weight is 487 g/mol. The van der Waals surface area contributed by atoms with Crippen molar-refractivity contribution in [1.82, 2.24) is 9.97 Å². The van der Waals surface area contributed by atoms with Gasteiger partial charge in [-0.3, -0.25) is 9.78 Å². The molecule has 1 N–H and O–H groups in total. The third-order valence-corrected chi connectivity index (χ3v) is 5.88. The number of aromatic nitrogens is 2. The maximum atomic E-state index is 12.8. The van der Waals surface area contributed by atoms with Crippen LogP contribution in [-0.2, 0) is 11.0 Å². The standard InChI is InChI=1S/C25H22ClF3N4O/c26-22-15-19(25(27,28)29)16-31-23(22)33-12-9-18(10-13-33)24(34)32-21-6-3-4-17(14-21)7-8-20-5-1-2-11-30-20/h1-8,11,14-16,18H,9-10,12-13H2,(H,32,34)/b8-7+. The molecule has 34 heavy (non-hydrogen) atoms. The van der Waals surface area contributed by atoms with Gasteiger partial charge in [0.05, 0.1) is 16.3 Å². The molecule has 0 aliphatic carbocycles. The van der Waals surface area contributed by atoms with Crippen molar-refractivity contribution >= 4 is 41.2 Å². The summed E-state index contributed by atoms with van der Waals surface area (Å²) in [5.41, 5.74) is 1.59. The van der Waals surface area contributed by atoms with Crippen LogP contribution >= 0.6 is 11.6 Å². The van der Waals surface area contributed by atoms with Crippen LogP contribution in [0.4, 0.5) is 24.7 Å². The lowest BCUT2D eigenvalue weighted by Gasteiger charge is -2.32. The molecule has 0 bridgehead atoms. The summed E-state index contributed by atoms with van der Waals surface area (Å²) in [6, 6.07) is 14.1. The smallest absolute Gasteiger partial charge is 0.355 e. The number of hydrogen-bond acceptors (Lipinski definition) is 4. The fourth-order valence-corrected chi connectivity index (χ4v) is 4.08. The first-order valence-electron chi connectivity index (χ1n) is 10.8. The van der Waals surface area contributed by atoms with E-state index in [1.54, 1.807) is 6.20 Å². The number of nitrogens with zero attached hydrogens (tertiary/aromatic N) is 3. The van der Waals surface area contributed by atoms with Crippen LogP contribution in [0.25, 0.3) is 12.2 Å². The molecule has 2 aromatic heterocycles. The molecule has 0 saturated carbocycles. The Kier molecular flexibility index (Phi) is 7.17. The molecule has 1 saturated heterocycles. The Balaban J connectivity index is 1.34. The molecule has 3 heterocycles. The zero-order valence-electron chi connectivity index (χ0n) is 18.1. The van der Waals surface area contributed by atoms with Gasteiger partial charge in [-0.15, -0.1) is 0 Å². The summed E-state index contributed by atoms with van der Waals surface area (Å²) in [7, 11) is 0. The normalized spacial score (nSPS) is 15.0. The molecule has 176 valence electrons. The Morgan fingerprint density at radius 2 is 1.85 bits per heavy atom. The fourth-order valence-electron chi connectivity index (χ4n) is 3.79. The monoisotopic (exact) mass is 486 g/mol. The van der Waals surface area contributed by atoms with Gasteiger partial charge in [-0.25, -0.2) is 4.98 Å². The van der Waals surface area contributed by atoms with Crippen LogP contribution in [-0.4, -0.2) is 29.0 Å². The summed E-state index contributed by atoms with van der Waals surface area (Å²) in [5.74, 6) is 0.00934. The zero-order valence-corrected chi connectivity index (χ0v) is 18.9. The molecule has 0 atom stereocenters. The summed E-state index contributed by atoms with van der Waals surface area (Å²) >= 11 is 6.06. The van der Waals surface area contributed by atoms with E-state index >= 15 is 0 Å². The van der Waals surface area contributed by atoms with Gasteiger partial charge in [0.2, 0.25) is 5.91 Å². The molecular formula is C25H22ClF3N4O. The molecule has 0 radical (unpaired) electrons. The largest absolute Gasteiger partial charge is 0.417 e. The number of amides is 1. The lowest BCUT2D eigenvalue weighted by atomic mass is 9.95. The second kappa shape index (κ2) is 10.3. The van der Waals surface area contributed by atoms with Gasteiger partial charge in [0, 0.05) is 37.1 Å². The maximum Gasteiger partial charge on any atom is 0.417 e. The van der Waals surface area contributed by atoms with Gasteiger partial charge in [-0.2, -0.15) is 13.2 Å². The van der Waals surface area contributed by atoms with Crippen LogP contribution in [0.1, 0.15) is 29.7 Å². The second-order valence-corrected chi connectivity index (χ2v) is 8.40. The number of benzene rings is 1. The molecule has 1 aromatic carbocycles. The average Bonchev–Trinajstić information content (AvgIpc) is 2.83. The molecule has 3 aromatic rings. The first-order chi connectivity index (χ1) is 16.3. The van der Waals surface area contributed by atoms with Crippen LogP contribution in [0.3, 0.4) is 0 Å². The van der Waals surface area contributed by atoms with Crippen LogP contribution < -0.4 is 10.2 Å². The summed E-state index contributed by atoms with van der Waals surface area (Å²) in [6.07, 6.45) is 2.94. The van der Waals surface area contributed by atoms with Crippen molar-refractivity contribution in [3.05, 3.63) is 82.8 Å². The van der Waals surface area contributed by atoms with Gasteiger partial charge in [0.15, 0.2) is 0 Å². The van der Waals surface area contributed by atoms with Crippen molar-refractivity contribution in [2.75, 3.05) is 23.3 Å². The SMILES string of the molecule is O=C(Nc1cccc(/C=C/c2ccccn2)c1)C1CCN(c2ncc(C(F)(F)F)cc2Cl)CC1. The number of pyridine rings is 2. The fraction of sp³-hybridized carbons (Fsp3) is 0.240. The van der Waals surface area contributed by atoms with E-state index in [-0.39, 0.29) is 16.8 Å². The van der Waals surface area contributed by atoms with E-state index in [1.807, 2.05) is 59.5 Å². The van der Waals surface area contributed by atoms with E-state index in [0.717, 1.165) is 23.5 Å². The van der Waals surface area contributed by atoms with E-state index in [1.165, 1.54) is 0 Å². The molecule has 1 fully saturated rings. The number of hydrogen-bond donors (Lipinski definition) is 1. The molecule has 9 heteroatoms. The summed E-state index contributed by atoms with van der Waals surface area (Å²) in [6.45, 7) is 0.950. The Morgan fingerprint density at radius 3 is 2.53 bits per heavy atom. The van der Waals surface area contributed by atoms with Gasteiger partial charge in [0.1, 0.15) is 5.82 Å². The van der Waals surface area contributed by atoms with Crippen molar-refractivity contribution in [2.24, 2.45) is 5.92 Å². The van der Waals surface area contributed by atoms with E-state index in [0.29, 0.717) is 37.4 Å². The Morgan fingerprint density at radius 1 is 1.06 bits per heavy atom. The molecule has 4 rings (SSSR count). The number of carbonyl (C=O) groups excluding carboxylic acids is 1. The number of anilines is 2. The van der Waals surface area contributed by atoms with Crippen molar-refractivity contribution in [1.29, 1.82) is 0 Å². The Bertz CT molecular complexity index is 1180. The Labute approximate surface area is 200 Å². The molecule has 1 aliphatic heterocycles. The van der Waals surface area contributed by atoms with E-state index in [2.05, 4.69) is 15.3 Å². The number of halogens is 4. The first kappa shape index (κ1) is 23.8. The molecule has 5 nitrogen and oxygen atoms in total. The van der Waals surface area contributed by atoms with Gasteiger partial charge >= 0.3 is 6.18 Å². The van der Waals surface area contributed by atoms with Gasteiger partial charge in [0.25, 0.3) is 0 Å². The molecule has 1 aliphatic rings. The van der Waals surface area contributed by atoms with Crippen LogP contribution in [0.15, 0.2) is 60.9 Å². The van der Waals surface area contributed by atoms with Crippen LogP contribution in [0.2, 0.25) is 5.02 Å². The predicted octanol–water partition coefficient (Wildman–Crippen LogP) is 6.17. The molecule has 0 spiro atoms. The third kappa shape index (κ3) is 5.94. The van der Waals surface area contributed by atoms with Crippen molar-refractivity contribution in [3.63, 3.8) is 0 Å². The number of nitrogens with one attached hydrogen (secondary N) is 1. The van der Waals surface area contributed by atoms with Gasteiger partial charge in [-0.1, -0.05) is 35.9 Å². The molecule has 0 unspecified atom stereocenters. The second-order valence-electron chi connectivity index (χ2n) is 7.99. The lowest BCUT2D eigenvalue weighted by molar-refractivity contribution is -0.137. The van der Waals surface area contributed by atoms with Crippen LogP contribution in [0, 0.1) is 5.92 Å². The van der Waals surface area contributed by atoms with E-state index in [4.69, 9.17) is 11.6 Å². The summed E-state index contributed by atoms with van der Waals surface area (Å²) in [4.78, 5) is 22.8. The highest BCUT2D eigenvalue weighted by molar-refractivity contribution is 6.33. The molecule has 1 amide bonds. The highest BCUT2D eigenvalue weighted by atomic mass is 35.5.